The summed E-state index contributed by atoms with van der Waals surface area (Å²) in [6, 6.07) is 7.58. The summed E-state index contributed by atoms with van der Waals surface area (Å²) >= 11 is 0. The lowest BCUT2D eigenvalue weighted by Crippen LogP contribution is -2.24. The number of nitrogens with zero attached hydrogens (tertiary/aromatic N) is 3. The van der Waals surface area contributed by atoms with Gasteiger partial charge in [-0.25, -0.2) is 4.79 Å². The number of esters is 1. The Morgan fingerprint density at radius 1 is 1.03 bits per heavy atom. The molecule has 1 saturated heterocycles. The molecule has 2 aromatic rings. The fraction of sp³-hybridized carbons (Fsp3) is 0.300. The maximum absolute atomic E-state index is 12.6. The number of hydrogen-bond donors (Lipinski definition) is 1. The highest BCUT2D eigenvalue weighted by atomic mass is 16.6. The van der Waals surface area contributed by atoms with Gasteiger partial charge in [0.25, 0.3) is 17.3 Å². The highest BCUT2D eigenvalue weighted by molar-refractivity contribution is 5.99. The largest absolute Gasteiger partial charge is 0.494 e. The van der Waals surface area contributed by atoms with E-state index in [2.05, 4.69) is 5.32 Å². The number of anilines is 2. The van der Waals surface area contributed by atoms with E-state index >= 15 is 0 Å². The Labute approximate surface area is 182 Å². The number of nitro benzene ring substituents is 2. The van der Waals surface area contributed by atoms with Crippen LogP contribution in [-0.2, 0) is 9.53 Å². The number of methoxy groups -OCH3 is 1. The molecular weight excluding hydrogens is 424 g/mol. The van der Waals surface area contributed by atoms with Crippen LogP contribution in [0, 0.1) is 20.2 Å². The maximum atomic E-state index is 12.6. The highest BCUT2D eigenvalue weighted by Crippen LogP contribution is 2.30. The summed E-state index contributed by atoms with van der Waals surface area (Å²) in [6.07, 6.45) is 1.87. The van der Waals surface area contributed by atoms with Crippen LogP contribution in [0.1, 0.15) is 23.2 Å². The van der Waals surface area contributed by atoms with Crippen LogP contribution in [0.2, 0.25) is 0 Å². The molecule has 0 saturated carbocycles. The van der Waals surface area contributed by atoms with Crippen molar-refractivity contribution in [2.75, 3.05) is 37.0 Å². The molecule has 168 valence electrons. The first-order valence-electron chi connectivity index (χ1n) is 9.63. The number of nitro groups is 2. The number of carbonyl (C=O) groups is 2. The highest BCUT2D eigenvalue weighted by Gasteiger charge is 2.24. The number of nitrogens with one attached hydrogen (secondary N) is 1. The molecule has 2 aromatic carbocycles. The lowest BCUT2D eigenvalue weighted by molar-refractivity contribution is -0.385. The topological polar surface area (TPSA) is 154 Å². The van der Waals surface area contributed by atoms with Crippen LogP contribution in [0.5, 0.6) is 5.75 Å². The predicted octanol–water partition coefficient (Wildman–Crippen LogP) is 2.91. The van der Waals surface area contributed by atoms with E-state index in [0.717, 1.165) is 25.0 Å². The molecule has 1 aliphatic heterocycles. The molecule has 3 rings (SSSR count). The van der Waals surface area contributed by atoms with Crippen LogP contribution in [0.3, 0.4) is 0 Å². The molecule has 1 amide bonds. The molecule has 1 fully saturated rings. The molecule has 0 aromatic heterocycles. The second kappa shape index (κ2) is 9.73. The average molecular weight is 444 g/mol. The van der Waals surface area contributed by atoms with Gasteiger partial charge < -0.3 is 19.7 Å². The third-order valence-corrected chi connectivity index (χ3v) is 4.86. The van der Waals surface area contributed by atoms with Crippen molar-refractivity contribution in [1.82, 2.24) is 0 Å². The number of rotatable bonds is 8. The summed E-state index contributed by atoms with van der Waals surface area (Å²) in [7, 11) is 1.29. The maximum Gasteiger partial charge on any atom is 0.341 e. The van der Waals surface area contributed by atoms with Crippen LogP contribution in [0.4, 0.5) is 22.7 Å². The second-order valence-corrected chi connectivity index (χ2v) is 6.92. The summed E-state index contributed by atoms with van der Waals surface area (Å²) in [6.45, 7) is 0.748. The van der Waals surface area contributed by atoms with Crippen LogP contribution in [0.25, 0.3) is 0 Å². The average Bonchev–Trinajstić information content (AvgIpc) is 3.31. The summed E-state index contributed by atoms with van der Waals surface area (Å²) in [5.74, 6) is -1.52. The van der Waals surface area contributed by atoms with Gasteiger partial charge >= 0.3 is 5.97 Å². The molecule has 1 N–H and O–H groups in total. The number of ether oxygens (including phenoxy) is 2. The minimum Gasteiger partial charge on any atom is -0.494 e. The molecule has 0 spiro atoms. The summed E-state index contributed by atoms with van der Waals surface area (Å²) in [5.41, 5.74) is 0.191. The van der Waals surface area contributed by atoms with Gasteiger partial charge in [-0.2, -0.15) is 0 Å². The van der Waals surface area contributed by atoms with Gasteiger partial charge in [0, 0.05) is 31.3 Å². The minimum atomic E-state index is -0.874. The zero-order valence-corrected chi connectivity index (χ0v) is 17.1. The van der Waals surface area contributed by atoms with E-state index in [1.807, 2.05) is 4.90 Å². The Morgan fingerprint density at radius 2 is 1.66 bits per heavy atom. The van der Waals surface area contributed by atoms with Gasteiger partial charge in [0.05, 0.1) is 40.0 Å². The number of carbonyl (C=O) groups excluding carboxylic acids is 2. The molecule has 12 nitrogen and oxygen atoms in total. The van der Waals surface area contributed by atoms with Crippen molar-refractivity contribution in [3.63, 3.8) is 0 Å². The van der Waals surface area contributed by atoms with E-state index in [1.165, 1.54) is 31.4 Å². The lowest BCUT2D eigenvalue weighted by atomic mass is 10.1. The Balaban J connectivity index is 1.71. The van der Waals surface area contributed by atoms with Gasteiger partial charge in [0.2, 0.25) is 0 Å². The van der Waals surface area contributed by atoms with E-state index in [0.29, 0.717) is 18.8 Å². The van der Waals surface area contributed by atoms with E-state index in [-0.39, 0.29) is 28.4 Å². The number of amides is 1. The van der Waals surface area contributed by atoms with Gasteiger partial charge in [-0.15, -0.1) is 0 Å². The molecule has 0 atom stereocenters. The molecule has 1 aliphatic rings. The summed E-state index contributed by atoms with van der Waals surface area (Å²) < 4.78 is 10.1. The van der Waals surface area contributed by atoms with E-state index in [1.54, 1.807) is 0 Å². The Bertz CT molecular complexity index is 1070. The predicted molar refractivity (Wildman–Crippen MR) is 113 cm³/mol. The zero-order chi connectivity index (χ0) is 23.3. The van der Waals surface area contributed by atoms with Crippen molar-refractivity contribution in [1.29, 1.82) is 0 Å². The van der Waals surface area contributed by atoms with Crippen LogP contribution in [-0.4, -0.2) is 48.5 Å². The fourth-order valence-corrected chi connectivity index (χ4v) is 3.33. The van der Waals surface area contributed by atoms with Crippen LogP contribution >= 0.6 is 0 Å². The molecule has 32 heavy (non-hydrogen) atoms. The SMILES string of the molecule is COc1cc([N+](=O)[O-])ccc1NC(=O)COC(=O)c1cc([N+](=O)[O-])ccc1N1CCCC1. The Kier molecular flexibility index (Phi) is 6.83. The summed E-state index contributed by atoms with van der Waals surface area (Å²) in [5, 5.41) is 24.4. The van der Waals surface area contributed by atoms with Gasteiger partial charge in [-0.05, 0) is 25.0 Å². The standard InChI is InChI=1S/C20H20N4O8/c1-31-18-11-14(24(29)30)4-6-16(18)21-19(25)12-32-20(26)15-10-13(23(27)28)5-7-17(15)22-8-2-3-9-22/h4-7,10-11H,2-3,8-9,12H2,1H3,(H,21,25). The van der Waals surface area contributed by atoms with Gasteiger partial charge in [0.15, 0.2) is 6.61 Å². The van der Waals surface area contributed by atoms with Gasteiger partial charge in [0.1, 0.15) is 5.75 Å². The first-order valence-corrected chi connectivity index (χ1v) is 9.63. The number of benzene rings is 2. The van der Waals surface area contributed by atoms with Crippen molar-refractivity contribution in [3.05, 3.63) is 62.2 Å². The van der Waals surface area contributed by atoms with Crippen molar-refractivity contribution < 1.29 is 28.9 Å². The van der Waals surface area contributed by atoms with Crippen LogP contribution < -0.4 is 15.0 Å². The Hall–Kier alpha value is -4.22. The molecule has 1 heterocycles. The number of hydrogen-bond acceptors (Lipinski definition) is 9. The van der Waals surface area contributed by atoms with Gasteiger partial charge in [-0.3, -0.25) is 25.0 Å². The molecule has 0 radical (unpaired) electrons. The molecule has 12 heteroatoms. The fourth-order valence-electron chi connectivity index (χ4n) is 3.33. The quantitative estimate of drug-likeness (QED) is 0.367. The van der Waals surface area contributed by atoms with Gasteiger partial charge in [-0.1, -0.05) is 0 Å². The smallest absolute Gasteiger partial charge is 0.341 e. The van der Waals surface area contributed by atoms with E-state index < -0.39 is 28.3 Å². The Morgan fingerprint density at radius 3 is 2.28 bits per heavy atom. The first-order chi connectivity index (χ1) is 15.3. The minimum absolute atomic E-state index is 0.00168. The normalized spacial score (nSPS) is 12.8. The first kappa shape index (κ1) is 22.5. The van der Waals surface area contributed by atoms with Crippen molar-refractivity contribution >= 4 is 34.6 Å². The third kappa shape index (κ3) is 5.09. The third-order valence-electron chi connectivity index (χ3n) is 4.86. The lowest BCUT2D eigenvalue weighted by Gasteiger charge is -2.20. The van der Waals surface area contributed by atoms with E-state index in [9.17, 15) is 29.8 Å². The molecular formula is C20H20N4O8. The zero-order valence-electron chi connectivity index (χ0n) is 17.1. The molecule has 0 bridgehead atoms. The van der Waals surface area contributed by atoms with E-state index in [4.69, 9.17) is 9.47 Å². The molecule has 0 aliphatic carbocycles. The summed E-state index contributed by atoms with van der Waals surface area (Å²) in [4.78, 5) is 47.6. The number of non-ortho nitro benzene ring substituents is 2. The monoisotopic (exact) mass is 444 g/mol. The second-order valence-electron chi connectivity index (χ2n) is 6.92. The van der Waals surface area contributed by atoms with Crippen LogP contribution in [0.15, 0.2) is 36.4 Å². The van der Waals surface area contributed by atoms with Crippen molar-refractivity contribution in [2.45, 2.75) is 12.8 Å². The molecule has 0 unspecified atom stereocenters. The van der Waals surface area contributed by atoms with Crippen molar-refractivity contribution in [3.8, 4) is 5.75 Å². The van der Waals surface area contributed by atoms with Crippen molar-refractivity contribution in [2.24, 2.45) is 0 Å².